The molecule has 5 fully saturated rings. The number of nitrogens with zero attached hydrogens (tertiary/aromatic N) is 2. The van der Waals surface area contributed by atoms with Gasteiger partial charge in [0.1, 0.15) is 18.0 Å². The van der Waals surface area contributed by atoms with Crippen LogP contribution >= 0.6 is 0 Å². The summed E-state index contributed by atoms with van der Waals surface area (Å²) in [5, 5.41) is 54.7. The van der Waals surface area contributed by atoms with Gasteiger partial charge in [0.25, 0.3) is 0 Å². The first-order chi connectivity index (χ1) is 24.5. The Kier molecular flexibility index (Phi) is 8.89. The maximum atomic E-state index is 16.8. The number of alkyl halides is 1. The van der Waals surface area contributed by atoms with Crippen molar-refractivity contribution in [1.29, 1.82) is 0 Å². The topological polar surface area (TPSA) is 190 Å². The third-order valence-corrected chi connectivity index (χ3v) is 13.2. The molecule has 0 spiro atoms. The highest BCUT2D eigenvalue weighted by atomic mass is 19.1. The third-order valence-electron chi connectivity index (χ3n) is 13.2. The number of hydrogen-bond acceptors (Lipinski definition) is 10. The zero-order valence-electron chi connectivity index (χ0n) is 29.1. The molecule has 1 aromatic heterocycles. The number of anilines is 1. The van der Waals surface area contributed by atoms with Crippen LogP contribution in [0.4, 0.5) is 14.5 Å². The molecule has 6 aliphatic rings. The molecule has 14 heteroatoms. The minimum Gasteiger partial charge on any atom is -0.477 e. The molecule has 0 unspecified atom stereocenters. The summed E-state index contributed by atoms with van der Waals surface area (Å²) in [6.07, 6.45) is 5.22. The second-order valence-electron chi connectivity index (χ2n) is 15.7. The molecule has 2 heterocycles. The molecule has 5 aliphatic carbocycles. The van der Waals surface area contributed by atoms with E-state index in [1.54, 1.807) is 19.9 Å². The van der Waals surface area contributed by atoms with E-state index < -0.39 is 75.7 Å². The highest BCUT2D eigenvalue weighted by molar-refractivity contribution is 6.01. The lowest BCUT2D eigenvalue weighted by Gasteiger charge is -2.62. The van der Waals surface area contributed by atoms with Crippen LogP contribution in [0.25, 0.3) is 10.9 Å². The van der Waals surface area contributed by atoms with E-state index >= 15 is 4.39 Å². The van der Waals surface area contributed by atoms with Crippen LogP contribution in [0, 0.1) is 28.5 Å². The molecule has 280 valence electrons. The molecule has 4 saturated carbocycles. The number of Topliss-reactive ketones (excluding diaryl/α,β-unsaturated/α-hetero) is 1. The van der Waals surface area contributed by atoms with E-state index in [9.17, 15) is 49.1 Å². The van der Waals surface area contributed by atoms with Gasteiger partial charge in [-0.2, -0.15) is 0 Å². The van der Waals surface area contributed by atoms with Gasteiger partial charge in [-0.3, -0.25) is 14.4 Å². The number of aromatic nitrogens is 1. The quantitative estimate of drug-likeness (QED) is 0.265. The minimum atomic E-state index is -2.23. The number of carboxylic acids is 1. The number of piperazine rings is 1. The predicted octanol–water partition coefficient (Wildman–Crippen LogP) is 2.20. The Bertz CT molecular complexity index is 1970. The maximum Gasteiger partial charge on any atom is 0.341 e. The van der Waals surface area contributed by atoms with Crippen molar-refractivity contribution >= 4 is 34.1 Å². The molecule has 0 radical (unpaired) electrons. The van der Waals surface area contributed by atoms with E-state index in [0.29, 0.717) is 42.7 Å². The Morgan fingerprint density at radius 2 is 1.73 bits per heavy atom. The summed E-state index contributed by atoms with van der Waals surface area (Å²) in [5.74, 6) is -4.13. The van der Waals surface area contributed by atoms with Crippen LogP contribution in [0.1, 0.15) is 68.8 Å². The number of aromatic carboxylic acids is 1. The standard InChI is InChI=1S/C21H27FO6.C17H18FN3O3/c1-18-6-5-12(24)7-11(18)3-4-13-14-8-15(25)21(28,17(27)10-23)19(14,2)9-16(26)20(13,18)22;18-13-7-11-14(8-15(13)20-5-3-19-4-6-20)21(10-1-2-10)9-12(16(11)22)17(23)24/h5-7,13-16,23,25-26,28H,3-4,8-10H2,1-2H3;7-10,19H,1-6H2,(H,23,24)/t13-,14-,15+,16-,18-,19-,20-,21-;/m0./s1. The van der Waals surface area contributed by atoms with Crippen molar-refractivity contribution in [3.8, 4) is 0 Å². The zero-order chi connectivity index (χ0) is 37.5. The van der Waals surface area contributed by atoms with Crippen molar-refractivity contribution in [3.63, 3.8) is 0 Å². The fourth-order valence-electron chi connectivity index (χ4n) is 10.2. The fraction of sp³-hybridized carbons (Fsp3) is 0.579. The van der Waals surface area contributed by atoms with Crippen molar-refractivity contribution in [1.82, 2.24) is 9.88 Å². The first-order valence-corrected chi connectivity index (χ1v) is 18.0. The smallest absolute Gasteiger partial charge is 0.341 e. The van der Waals surface area contributed by atoms with Gasteiger partial charge >= 0.3 is 5.97 Å². The molecule has 1 aromatic carbocycles. The Morgan fingerprint density at radius 1 is 1.04 bits per heavy atom. The van der Waals surface area contributed by atoms with Gasteiger partial charge in [0.05, 0.1) is 23.4 Å². The van der Waals surface area contributed by atoms with Crippen molar-refractivity contribution in [3.05, 3.63) is 63.7 Å². The summed E-state index contributed by atoms with van der Waals surface area (Å²) in [5.41, 5.74) is -5.96. The highest BCUT2D eigenvalue weighted by Gasteiger charge is 2.76. The molecular weight excluding hydrogens is 680 g/mol. The second-order valence-corrected chi connectivity index (χ2v) is 15.7. The number of aliphatic hydroxyl groups excluding tert-OH is 3. The molecule has 1 saturated heterocycles. The molecule has 6 N–H and O–H groups in total. The molecule has 0 amide bonds. The van der Waals surface area contributed by atoms with Gasteiger partial charge in [0, 0.05) is 60.6 Å². The first kappa shape index (κ1) is 36.5. The lowest BCUT2D eigenvalue weighted by molar-refractivity contribution is -0.222. The van der Waals surface area contributed by atoms with Crippen molar-refractivity contribution in [2.24, 2.45) is 22.7 Å². The van der Waals surface area contributed by atoms with Gasteiger partial charge in [-0.1, -0.05) is 18.6 Å². The lowest BCUT2D eigenvalue weighted by atomic mass is 9.44. The second kappa shape index (κ2) is 12.7. The highest BCUT2D eigenvalue weighted by Crippen LogP contribution is 2.69. The molecule has 8 rings (SSSR count). The number of aliphatic hydroxyl groups is 4. The number of rotatable bonds is 5. The monoisotopic (exact) mass is 725 g/mol. The summed E-state index contributed by atoms with van der Waals surface area (Å²) >= 11 is 0. The number of carbonyl (C=O) groups excluding carboxylic acids is 2. The Hall–Kier alpha value is -3.82. The number of carboxylic acid groups (broad SMARTS) is 1. The molecule has 1 aliphatic heterocycles. The summed E-state index contributed by atoms with van der Waals surface area (Å²) in [4.78, 5) is 49.9. The molecule has 2 aromatic rings. The Morgan fingerprint density at radius 3 is 2.37 bits per heavy atom. The number of ketones is 2. The van der Waals surface area contributed by atoms with Gasteiger partial charge in [0.15, 0.2) is 22.8 Å². The van der Waals surface area contributed by atoms with E-state index in [4.69, 9.17) is 0 Å². The maximum absolute atomic E-state index is 16.8. The number of carbonyl (C=O) groups is 3. The Balaban J connectivity index is 0.000000164. The minimum absolute atomic E-state index is 0.0135. The predicted molar refractivity (Wildman–Crippen MR) is 185 cm³/mol. The lowest BCUT2D eigenvalue weighted by Crippen LogP contribution is -2.69. The van der Waals surface area contributed by atoms with Crippen LogP contribution in [-0.4, -0.2) is 104 Å². The van der Waals surface area contributed by atoms with E-state index in [-0.39, 0.29) is 35.6 Å². The van der Waals surface area contributed by atoms with Crippen LogP contribution in [0.3, 0.4) is 0 Å². The number of allylic oxidation sites excluding steroid dienone is 4. The van der Waals surface area contributed by atoms with Gasteiger partial charge in [-0.15, -0.1) is 0 Å². The van der Waals surface area contributed by atoms with Gasteiger partial charge in [0.2, 0.25) is 5.43 Å². The van der Waals surface area contributed by atoms with Crippen LogP contribution in [0.5, 0.6) is 0 Å². The van der Waals surface area contributed by atoms with Crippen LogP contribution in [0.15, 0.2) is 46.9 Å². The normalized spacial score (nSPS) is 36.7. The molecule has 12 nitrogen and oxygen atoms in total. The summed E-state index contributed by atoms with van der Waals surface area (Å²) in [7, 11) is 0. The fourth-order valence-corrected chi connectivity index (χ4v) is 10.2. The van der Waals surface area contributed by atoms with E-state index in [1.807, 2.05) is 9.47 Å². The Labute approximate surface area is 298 Å². The summed E-state index contributed by atoms with van der Waals surface area (Å²) in [6.45, 7) is 5.30. The van der Waals surface area contributed by atoms with E-state index in [0.717, 1.165) is 25.9 Å². The van der Waals surface area contributed by atoms with Crippen molar-refractivity contribution in [2.75, 3.05) is 37.7 Å². The SMILES string of the molecule is C[C@]12C=CC(=O)C=C1CC[C@H]1[C@@H]3C[C@@H](O)[C@](O)(C(=O)CO)[C@@]3(C)C[C@H](O)[C@@]12F.O=C(O)c1cn(C2CC2)c2cc(N3CCNCC3)c(F)cc2c1=O. The number of nitrogens with one attached hydrogen (secondary N) is 1. The van der Waals surface area contributed by atoms with Gasteiger partial charge < -0.3 is 40.3 Å². The van der Waals surface area contributed by atoms with Gasteiger partial charge in [-0.05, 0) is 75.7 Å². The van der Waals surface area contributed by atoms with E-state index in [1.165, 1.54) is 30.5 Å². The summed E-state index contributed by atoms with van der Waals surface area (Å²) in [6, 6.07) is 3.08. The molecule has 8 atom stereocenters. The molecular formula is C38H45F2N3O9. The number of pyridine rings is 1. The summed E-state index contributed by atoms with van der Waals surface area (Å²) < 4.78 is 33.2. The number of hydrogen-bond donors (Lipinski definition) is 6. The largest absolute Gasteiger partial charge is 0.477 e. The average molecular weight is 726 g/mol. The average Bonchev–Trinajstić information content (AvgIpc) is 3.94. The zero-order valence-corrected chi connectivity index (χ0v) is 29.1. The van der Waals surface area contributed by atoms with Crippen LogP contribution in [-0.2, 0) is 9.59 Å². The van der Waals surface area contributed by atoms with Gasteiger partial charge in [-0.25, -0.2) is 13.6 Å². The number of fused-ring (bicyclic) bond motifs is 6. The van der Waals surface area contributed by atoms with Crippen LogP contribution in [0.2, 0.25) is 0 Å². The van der Waals surface area contributed by atoms with Crippen LogP contribution < -0.4 is 15.6 Å². The molecule has 0 bridgehead atoms. The third kappa shape index (κ3) is 5.16. The first-order valence-electron chi connectivity index (χ1n) is 18.0. The number of benzene rings is 1. The van der Waals surface area contributed by atoms with Crippen molar-refractivity contribution in [2.45, 2.75) is 81.9 Å². The van der Waals surface area contributed by atoms with E-state index in [2.05, 4.69) is 5.32 Å². The molecule has 52 heavy (non-hydrogen) atoms. The van der Waals surface area contributed by atoms with Crippen molar-refractivity contribution < 1.29 is 48.7 Å². The number of halogens is 2.